The van der Waals surface area contributed by atoms with E-state index >= 15 is 0 Å². The average Bonchev–Trinajstić information content (AvgIpc) is 2.79. The van der Waals surface area contributed by atoms with Crippen LogP contribution in [0.4, 0.5) is 23.7 Å². The van der Waals surface area contributed by atoms with Gasteiger partial charge in [-0.15, -0.1) is 0 Å². The van der Waals surface area contributed by atoms with Crippen LogP contribution in [0, 0.1) is 6.92 Å². The molecule has 0 atom stereocenters. The maximum absolute atomic E-state index is 12.9. The van der Waals surface area contributed by atoms with Gasteiger partial charge in [-0.05, 0) is 48.4 Å². The van der Waals surface area contributed by atoms with Gasteiger partial charge in [-0.25, -0.2) is 4.79 Å². The fraction of sp³-hybridized carbons (Fsp3) is 0.174. The number of hydrogen-bond acceptors (Lipinski definition) is 4. The van der Waals surface area contributed by atoms with Crippen molar-refractivity contribution in [3.63, 3.8) is 0 Å². The number of urea groups is 1. The molecular weight excluding hydrogens is 437 g/mol. The van der Waals surface area contributed by atoms with Crippen LogP contribution >= 0.6 is 0 Å². The lowest BCUT2D eigenvalue weighted by Crippen LogP contribution is -2.28. The van der Waals surface area contributed by atoms with Crippen molar-refractivity contribution in [1.29, 1.82) is 0 Å². The monoisotopic (exact) mass is 458 g/mol. The van der Waals surface area contributed by atoms with Crippen LogP contribution in [0.25, 0.3) is 0 Å². The van der Waals surface area contributed by atoms with Crippen molar-refractivity contribution < 1.29 is 27.5 Å². The lowest BCUT2D eigenvalue weighted by Gasteiger charge is -2.13. The number of anilines is 1. The Bertz CT molecular complexity index is 1150. The summed E-state index contributed by atoms with van der Waals surface area (Å²) in [5, 5.41) is 7.53. The molecule has 1 aromatic heterocycles. The van der Waals surface area contributed by atoms with Gasteiger partial charge in [-0.3, -0.25) is 9.78 Å². The third kappa shape index (κ3) is 6.45. The van der Waals surface area contributed by atoms with E-state index < -0.39 is 17.8 Å². The summed E-state index contributed by atoms with van der Waals surface area (Å²) in [5.74, 6) is 0.614. The number of amides is 3. The number of nitrogens with one attached hydrogen (secondary N) is 3. The number of alkyl halides is 3. The Morgan fingerprint density at radius 1 is 1.00 bits per heavy atom. The van der Waals surface area contributed by atoms with E-state index in [1.54, 1.807) is 37.3 Å². The Hall–Kier alpha value is -4.08. The molecule has 0 saturated heterocycles. The molecular formula is C23H21F3N4O3. The zero-order valence-corrected chi connectivity index (χ0v) is 17.8. The second kappa shape index (κ2) is 10.0. The minimum absolute atomic E-state index is 0.0829. The molecule has 3 rings (SSSR count). The fourth-order valence-electron chi connectivity index (χ4n) is 2.82. The van der Waals surface area contributed by atoms with E-state index in [4.69, 9.17) is 4.74 Å². The van der Waals surface area contributed by atoms with Gasteiger partial charge >= 0.3 is 12.2 Å². The van der Waals surface area contributed by atoms with Crippen molar-refractivity contribution in [2.75, 3.05) is 12.4 Å². The molecule has 0 spiro atoms. The number of ether oxygens (including phenoxy) is 1. The highest BCUT2D eigenvalue weighted by Crippen LogP contribution is 2.32. The van der Waals surface area contributed by atoms with Gasteiger partial charge in [0.15, 0.2) is 0 Å². The van der Waals surface area contributed by atoms with Crippen molar-refractivity contribution in [1.82, 2.24) is 15.6 Å². The van der Waals surface area contributed by atoms with Crippen LogP contribution in [0.2, 0.25) is 0 Å². The quantitative estimate of drug-likeness (QED) is 0.491. The van der Waals surface area contributed by atoms with Crippen LogP contribution in [0.3, 0.4) is 0 Å². The number of rotatable bonds is 6. The number of benzene rings is 2. The van der Waals surface area contributed by atoms with Crippen LogP contribution in [-0.2, 0) is 12.7 Å². The zero-order chi connectivity index (χ0) is 24.0. The second-order valence-electron chi connectivity index (χ2n) is 7.04. The van der Waals surface area contributed by atoms with Crippen LogP contribution in [0.1, 0.15) is 27.2 Å². The van der Waals surface area contributed by atoms with Crippen LogP contribution in [0.15, 0.2) is 60.8 Å². The van der Waals surface area contributed by atoms with E-state index in [1.165, 1.54) is 25.4 Å². The van der Waals surface area contributed by atoms with Gasteiger partial charge in [0.05, 0.1) is 5.56 Å². The van der Waals surface area contributed by atoms with Crippen molar-refractivity contribution >= 4 is 17.6 Å². The zero-order valence-electron chi connectivity index (χ0n) is 17.8. The Kier molecular flexibility index (Phi) is 7.17. The minimum atomic E-state index is -4.50. The molecule has 0 unspecified atom stereocenters. The summed E-state index contributed by atoms with van der Waals surface area (Å²) >= 11 is 0. The Balaban J connectivity index is 1.57. The Morgan fingerprint density at radius 2 is 1.73 bits per heavy atom. The first-order valence-electron chi connectivity index (χ1n) is 9.83. The van der Waals surface area contributed by atoms with E-state index in [0.29, 0.717) is 17.1 Å². The molecule has 0 aliphatic heterocycles. The molecule has 3 N–H and O–H groups in total. The standard InChI is InChI=1S/C23H21F3N4O3/c1-14-3-6-16(23(24,25)26)11-19(14)30-22(32)29-13-15-4-7-17(8-5-15)33-18-9-10-28-20(12-18)21(31)27-2/h3-12H,13H2,1-2H3,(H,27,31)(H2,29,30,32). The highest BCUT2D eigenvalue weighted by molar-refractivity contribution is 5.92. The number of hydrogen-bond donors (Lipinski definition) is 3. The number of nitrogens with zero attached hydrogens (tertiary/aromatic N) is 1. The Morgan fingerprint density at radius 3 is 2.39 bits per heavy atom. The first kappa shape index (κ1) is 23.6. The molecule has 3 amide bonds. The molecule has 0 bridgehead atoms. The summed E-state index contributed by atoms with van der Waals surface area (Å²) in [6.07, 6.45) is -3.03. The van der Waals surface area contributed by atoms with Crippen molar-refractivity contribution in [2.45, 2.75) is 19.6 Å². The first-order chi connectivity index (χ1) is 15.7. The predicted octanol–water partition coefficient (Wildman–Crippen LogP) is 4.88. The van der Waals surface area contributed by atoms with E-state index in [9.17, 15) is 22.8 Å². The van der Waals surface area contributed by atoms with Gasteiger partial charge in [0.1, 0.15) is 17.2 Å². The van der Waals surface area contributed by atoms with E-state index in [-0.39, 0.29) is 23.8 Å². The first-order valence-corrected chi connectivity index (χ1v) is 9.83. The van der Waals surface area contributed by atoms with Crippen molar-refractivity contribution in [2.24, 2.45) is 0 Å². The van der Waals surface area contributed by atoms with Gasteiger partial charge in [0.25, 0.3) is 5.91 Å². The van der Waals surface area contributed by atoms with Gasteiger partial charge in [0, 0.05) is 31.5 Å². The maximum Gasteiger partial charge on any atom is 0.416 e. The Labute approximate surface area is 188 Å². The number of carbonyl (C=O) groups excluding carboxylic acids is 2. The summed E-state index contributed by atoms with van der Waals surface area (Å²) in [7, 11) is 1.51. The number of carbonyl (C=O) groups is 2. The second-order valence-corrected chi connectivity index (χ2v) is 7.04. The molecule has 0 aliphatic carbocycles. The third-order valence-electron chi connectivity index (χ3n) is 4.62. The highest BCUT2D eigenvalue weighted by atomic mass is 19.4. The predicted molar refractivity (Wildman–Crippen MR) is 116 cm³/mol. The highest BCUT2D eigenvalue weighted by Gasteiger charge is 2.30. The molecule has 2 aromatic carbocycles. The van der Waals surface area contributed by atoms with E-state index in [2.05, 4.69) is 20.9 Å². The van der Waals surface area contributed by atoms with E-state index in [1.807, 2.05) is 0 Å². The smallest absolute Gasteiger partial charge is 0.416 e. The largest absolute Gasteiger partial charge is 0.457 e. The molecule has 3 aromatic rings. The average molecular weight is 458 g/mol. The van der Waals surface area contributed by atoms with Crippen LogP contribution in [0.5, 0.6) is 11.5 Å². The number of aromatic nitrogens is 1. The lowest BCUT2D eigenvalue weighted by atomic mass is 10.1. The van der Waals surface area contributed by atoms with E-state index in [0.717, 1.165) is 17.7 Å². The topological polar surface area (TPSA) is 92.4 Å². The summed E-state index contributed by atoms with van der Waals surface area (Å²) in [4.78, 5) is 27.8. The fourth-order valence-corrected chi connectivity index (χ4v) is 2.82. The van der Waals surface area contributed by atoms with Crippen molar-refractivity contribution in [3.05, 3.63) is 83.2 Å². The molecule has 0 radical (unpaired) electrons. The number of pyridine rings is 1. The maximum atomic E-state index is 12.9. The molecule has 0 aliphatic rings. The summed E-state index contributed by atoms with van der Waals surface area (Å²) < 4.78 is 44.4. The molecule has 0 saturated carbocycles. The van der Waals surface area contributed by atoms with Crippen LogP contribution < -0.4 is 20.7 Å². The SMILES string of the molecule is CNC(=O)c1cc(Oc2ccc(CNC(=O)Nc3cc(C(F)(F)F)ccc3C)cc2)ccn1. The summed E-state index contributed by atoms with van der Waals surface area (Å²) in [6.45, 7) is 1.76. The molecule has 1 heterocycles. The van der Waals surface area contributed by atoms with Gasteiger partial charge in [0.2, 0.25) is 0 Å². The number of halogens is 3. The molecule has 10 heteroatoms. The summed E-state index contributed by atoms with van der Waals surface area (Å²) in [6, 6.07) is 12.5. The molecule has 7 nitrogen and oxygen atoms in total. The minimum Gasteiger partial charge on any atom is -0.457 e. The number of aryl methyl sites for hydroxylation is 1. The normalized spacial score (nSPS) is 10.9. The molecule has 33 heavy (non-hydrogen) atoms. The van der Waals surface area contributed by atoms with Gasteiger partial charge in [-0.2, -0.15) is 13.2 Å². The molecule has 0 fully saturated rings. The summed E-state index contributed by atoms with van der Waals surface area (Å²) in [5.41, 5.74) is 0.724. The van der Waals surface area contributed by atoms with Gasteiger partial charge < -0.3 is 20.7 Å². The third-order valence-corrected chi connectivity index (χ3v) is 4.62. The van der Waals surface area contributed by atoms with Gasteiger partial charge in [-0.1, -0.05) is 18.2 Å². The van der Waals surface area contributed by atoms with Crippen LogP contribution in [-0.4, -0.2) is 24.0 Å². The van der Waals surface area contributed by atoms with Crippen molar-refractivity contribution in [3.8, 4) is 11.5 Å². The lowest BCUT2D eigenvalue weighted by molar-refractivity contribution is -0.137. The molecule has 172 valence electrons.